The molecule has 0 saturated heterocycles. The van der Waals surface area contributed by atoms with Crippen molar-refractivity contribution in [3.63, 3.8) is 0 Å². The van der Waals surface area contributed by atoms with Gasteiger partial charge in [-0.25, -0.2) is 17.8 Å². The first-order chi connectivity index (χ1) is 15.1. The maximum Gasteiger partial charge on any atom is 0.290 e. The van der Waals surface area contributed by atoms with Gasteiger partial charge in [0.1, 0.15) is 0 Å². The van der Waals surface area contributed by atoms with Gasteiger partial charge in [0.05, 0.1) is 26.9 Å². The summed E-state index contributed by atoms with van der Waals surface area (Å²) in [5.74, 6) is -1.60. The van der Waals surface area contributed by atoms with E-state index in [9.17, 15) is 22.8 Å². The van der Waals surface area contributed by atoms with E-state index in [1.54, 1.807) is 38.1 Å². The van der Waals surface area contributed by atoms with Crippen molar-refractivity contribution in [2.75, 3.05) is 7.05 Å². The summed E-state index contributed by atoms with van der Waals surface area (Å²) in [6.07, 6.45) is 0. The van der Waals surface area contributed by atoms with Crippen molar-refractivity contribution in [2.45, 2.75) is 24.8 Å². The molecule has 2 amide bonds. The van der Waals surface area contributed by atoms with Crippen LogP contribution in [0.1, 0.15) is 40.7 Å². The van der Waals surface area contributed by atoms with Crippen molar-refractivity contribution in [3.05, 3.63) is 69.1 Å². The number of amides is 2. The van der Waals surface area contributed by atoms with Gasteiger partial charge in [-0.05, 0) is 45.2 Å². The first kappa shape index (κ1) is 23.4. The molecule has 0 fully saturated rings. The fourth-order valence-electron chi connectivity index (χ4n) is 2.93. The van der Waals surface area contributed by atoms with Crippen molar-refractivity contribution >= 4 is 44.2 Å². The third-order valence-corrected chi connectivity index (χ3v) is 6.33. The fourth-order valence-corrected chi connectivity index (χ4v) is 3.89. The highest BCUT2D eigenvalue weighted by Crippen LogP contribution is 2.20. The van der Waals surface area contributed by atoms with Crippen LogP contribution in [0.15, 0.2) is 52.2 Å². The largest absolute Gasteiger partial charge is 0.290 e. The molecule has 32 heavy (non-hydrogen) atoms. The third-order valence-electron chi connectivity index (χ3n) is 4.58. The van der Waals surface area contributed by atoms with E-state index in [1.807, 2.05) is 0 Å². The molecule has 1 heterocycles. The van der Waals surface area contributed by atoms with Gasteiger partial charge in [0.25, 0.3) is 17.4 Å². The van der Waals surface area contributed by atoms with Crippen LogP contribution in [0, 0.1) is 0 Å². The maximum atomic E-state index is 12.8. The number of benzene rings is 2. The number of rotatable bonds is 5. The van der Waals surface area contributed by atoms with Gasteiger partial charge in [-0.15, -0.1) is 0 Å². The second-order valence-electron chi connectivity index (χ2n) is 7.00. The van der Waals surface area contributed by atoms with E-state index in [0.29, 0.717) is 10.8 Å². The lowest BCUT2D eigenvalue weighted by atomic mass is 10.1. The molecule has 0 unspecified atom stereocenters. The molecule has 0 aliphatic carbocycles. The number of carbonyl (C=O) groups is 2. The Balaban J connectivity index is 1.91. The van der Waals surface area contributed by atoms with E-state index in [2.05, 4.69) is 20.7 Å². The Bertz CT molecular complexity index is 1380. The van der Waals surface area contributed by atoms with Crippen molar-refractivity contribution in [3.8, 4) is 0 Å². The Kier molecular flexibility index (Phi) is 6.63. The van der Waals surface area contributed by atoms with Crippen LogP contribution in [-0.4, -0.2) is 37.1 Å². The average Bonchev–Trinajstić information content (AvgIpc) is 2.77. The van der Waals surface area contributed by atoms with Gasteiger partial charge in [0.15, 0.2) is 5.69 Å². The second-order valence-corrected chi connectivity index (χ2v) is 9.29. The minimum absolute atomic E-state index is 0.0104. The molecule has 0 saturated carbocycles. The molecule has 0 radical (unpaired) electrons. The summed E-state index contributed by atoms with van der Waals surface area (Å²) in [6, 6.07) is 9.78. The van der Waals surface area contributed by atoms with E-state index in [0.717, 1.165) is 6.07 Å². The highest BCUT2D eigenvalue weighted by Gasteiger charge is 2.20. The highest BCUT2D eigenvalue weighted by atomic mass is 35.5. The first-order valence-electron chi connectivity index (χ1n) is 9.42. The average molecular weight is 478 g/mol. The quantitative estimate of drug-likeness (QED) is 0.477. The van der Waals surface area contributed by atoms with Gasteiger partial charge >= 0.3 is 0 Å². The Hall–Kier alpha value is -3.28. The van der Waals surface area contributed by atoms with Crippen LogP contribution in [-0.2, 0) is 10.0 Å². The third kappa shape index (κ3) is 4.49. The summed E-state index contributed by atoms with van der Waals surface area (Å²) >= 11 is 6.03. The second kappa shape index (κ2) is 9.07. The topological polar surface area (TPSA) is 139 Å². The van der Waals surface area contributed by atoms with Crippen LogP contribution in [0.5, 0.6) is 0 Å². The van der Waals surface area contributed by atoms with E-state index in [4.69, 9.17) is 11.6 Å². The standard InChI is InChI=1S/C20H20ClN5O5S/c1-11(2)26-20(29)14-7-5-4-6-13(14)17(25-26)19(28)24-23-18(27)15-10-12(8-9-16(15)21)32(30,31)22-3/h4-11,22H,1-3H3,(H,23,27)(H,24,28). The molecule has 1 aromatic heterocycles. The lowest BCUT2D eigenvalue weighted by Crippen LogP contribution is -2.43. The van der Waals surface area contributed by atoms with Crippen molar-refractivity contribution < 1.29 is 18.0 Å². The molecule has 168 valence electrons. The number of fused-ring (bicyclic) bond motifs is 1. The lowest BCUT2D eigenvalue weighted by molar-refractivity contribution is 0.0843. The Morgan fingerprint density at radius 1 is 1.03 bits per heavy atom. The number of hydrazine groups is 1. The minimum atomic E-state index is -3.80. The SMILES string of the molecule is CNS(=O)(=O)c1ccc(Cl)c(C(=O)NNC(=O)c2nn(C(C)C)c(=O)c3ccccc23)c1. The van der Waals surface area contributed by atoms with Gasteiger partial charge in [-0.2, -0.15) is 5.10 Å². The van der Waals surface area contributed by atoms with Crippen LogP contribution < -0.4 is 21.1 Å². The summed E-state index contributed by atoms with van der Waals surface area (Å²) in [5, 5.41) is 4.77. The van der Waals surface area contributed by atoms with E-state index < -0.39 is 21.8 Å². The zero-order valence-corrected chi connectivity index (χ0v) is 18.9. The number of sulfonamides is 1. The number of nitrogens with zero attached hydrogens (tertiary/aromatic N) is 2. The smallest absolute Gasteiger partial charge is 0.267 e. The number of halogens is 1. The maximum absolute atomic E-state index is 12.8. The number of nitrogens with one attached hydrogen (secondary N) is 3. The van der Waals surface area contributed by atoms with Gasteiger partial charge in [0, 0.05) is 5.39 Å². The fraction of sp³-hybridized carbons (Fsp3) is 0.200. The Morgan fingerprint density at radius 3 is 2.28 bits per heavy atom. The van der Waals surface area contributed by atoms with E-state index >= 15 is 0 Å². The normalized spacial score (nSPS) is 11.5. The summed E-state index contributed by atoms with van der Waals surface area (Å²) in [6.45, 7) is 3.50. The van der Waals surface area contributed by atoms with Gasteiger partial charge in [-0.1, -0.05) is 29.8 Å². The van der Waals surface area contributed by atoms with Crippen molar-refractivity contribution in [1.29, 1.82) is 0 Å². The lowest BCUT2D eigenvalue weighted by Gasteiger charge is -2.14. The number of hydrogen-bond acceptors (Lipinski definition) is 6. The van der Waals surface area contributed by atoms with Gasteiger partial charge < -0.3 is 0 Å². The van der Waals surface area contributed by atoms with E-state index in [-0.39, 0.29) is 32.8 Å². The summed E-state index contributed by atoms with van der Waals surface area (Å²) in [7, 11) is -2.57. The molecule has 0 aliphatic rings. The summed E-state index contributed by atoms with van der Waals surface area (Å²) < 4.78 is 27.3. The number of carbonyl (C=O) groups excluding carboxylic acids is 2. The molecule has 10 nitrogen and oxygen atoms in total. The monoisotopic (exact) mass is 477 g/mol. The molecule has 3 rings (SSSR count). The number of aromatic nitrogens is 2. The Morgan fingerprint density at radius 2 is 1.66 bits per heavy atom. The molecule has 3 aromatic rings. The number of hydrogen-bond donors (Lipinski definition) is 3. The molecule has 2 aromatic carbocycles. The van der Waals surface area contributed by atoms with Crippen molar-refractivity contribution in [1.82, 2.24) is 25.4 Å². The predicted molar refractivity (Wildman–Crippen MR) is 119 cm³/mol. The van der Waals surface area contributed by atoms with Gasteiger partial charge in [-0.3, -0.25) is 25.2 Å². The molecular weight excluding hydrogens is 458 g/mol. The highest BCUT2D eigenvalue weighted by molar-refractivity contribution is 7.89. The summed E-state index contributed by atoms with van der Waals surface area (Å²) in [4.78, 5) is 37.8. The van der Waals surface area contributed by atoms with Crippen LogP contribution in [0.4, 0.5) is 0 Å². The van der Waals surface area contributed by atoms with Gasteiger partial charge in [0.2, 0.25) is 10.0 Å². The molecule has 0 aliphatic heterocycles. The van der Waals surface area contributed by atoms with E-state index in [1.165, 1.54) is 23.9 Å². The molecule has 0 spiro atoms. The molecule has 0 bridgehead atoms. The molecular formula is C20H20ClN5O5S. The van der Waals surface area contributed by atoms with Crippen molar-refractivity contribution in [2.24, 2.45) is 0 Å². The first-order valence-corrected chi connectivity index (χ1v) is 11.3. The Labute approximate surface area is 188 Å². The van der Waals surface area contributed by atoms with Crippen LogP contribution in [0.2, 0.25) is 5.02 Å². The summed E-state index contributed by atoms with van der Waals surface area (Å²) in [5.41, 5.74) is 3.87. The minimum Gasteiger partial charge on any atom is -0.267 e. The zero-order valence-electron chi connectivity index (χ0n) is 17.3. The zero-order chi connectivity index (χ0) is 23.6. The molecule has 12 heteroatoms. The van der Waals surface area contributed by atoms with Crippen LogP contribution >= 0.6 is 11.6 Å². The van der Waals surface area contributed by atoms with Crippen LogP contribution in [0.3, 0.4) is 0 Å². The molecule has 3 N–H and O–H groups in total. The molecule has 0 atom stereocenters. The van der Waals surface area contributed by atoms with Crippen LogP contribution in [0.25, 0.3) is 10.8 Å². The predicted octanol–water partition coefficient (Wildman–Crippen LogP) is 1.61.